The van der Waals surface area contributed by atoms with Gasteiger partial charge in [-0.25, -0.2) is 0 Å². The topological polar surface area (TPSA) is 29.6 Å². The SMILES string of the molecule is c1ccc(-n2c3ccc(-c4ccc5c(c4)c4c6ccccc6ccc4n5-c4ccccc4)cc3c3c4ccccc4ccc32)cc1.c1ccc(-n2c3ccccc3c3cc(-c4ccc5c(c4)c4c6ccccc6ccc4n5-c4ccccc4)ccc32)cc1.c1ccc(-n2c3ccccc3c3cc(-c4ccc5c(c4)c4ccccc4n5-c4ccc5ccccc5c4)ccc32)cc1. The summed E-state index contributed by atoms with van der Waals surface area (Å²) < 4.78 is 14.4. The summed E-state index contributed by atoms with van der Waals surface area (Å²) in [7, 11) is 0. The van der Waals surface area contributed by atoms with Crippen LogP contribution in [-0.2, 0) is 0 Å². The molecule has 0 atom stereocenters. The predicted octanol–water partition coefficient (Wildman–Crippen LogP) is 33.3. The Labute approximate surface area is 748 Å². The molecule has 0 saturated carbocycles. The molecule has 6 heteroatoms. The van der Waals surface area contributed by atoms with E-state index in [0.717, 1.165) is 0 Å². The monoisotopic (exact) mass is 1650 g/mol. The molecule has 130 heavy (non-hydrogen) atoms. The molecule has 0 spiro atoms. The average Bonchev–Trinajstić information content (AvgIpc) is 2.00. The molecule has 0 bridgehead atoms. The summed E-state index contributed by atoms with van der Waals surface area (Å²) in [4.78, 5) is 0. The van der Waals surface area contributed by atoms with Crippen molar-refractivity contribution in [1.29, 1.82) is 0 Å². The zero-order chi connectivity index (χ0) is 85.4. The number of benzene rings is 22. The lowest BCUT2D eigenvalue weighted by molar-refractivity contribution is 1.18. The third-order valence-corrected chi connectivity index (χ3v) is 27.0. The average molecular weight is 1650 g/mol. The highest BCUT2D eigenvalue weighted by Gasteiger charge is 2.24. The standard InChI is InChI=1S/C44H28N2.2C40H26N2/c1-3-13-33(14-4-1)45-39-23-21-31(27-37(39)43-35-17-9-7-11-29(35)19-25-41(43)45)32-22-24-40-38(28-32)44-36-18-10-8-12-30(36)20-26-42(44)46(40)34-15-5-2-6-16-34;1-3-12-30(13-4-1)41-36-18-10-9-17-33(36)34-25-28(20-22-37(34)41)29-21-23-38-35(26-29)40-32-16-8-7-11-27(32)19-24-39(40)42(38)31-14-5-2-6-15-31;1-2-12-31(13-3-1)41-37-16-8-6-14-33(37)35-25-29(19-22-39(35)41)30-20-23-40-36(26-30)34-15-7-9-17-38(34)42(40)32-21-18-27-10-4-5-11-28(27)24-32/h1-28H;2*1-26H. The lowest BCUT2D eigenvalue weighted by Gasteiger charge is -2.10. The molecule has 6 heterocycles. The Morgan fingerprint density at radius 2 is 0.300 bits per heavy atom. The maximum atomic E-state index is 2.41. The van der Waals surface area contributed by atoms with Crippen molar-refractivity contribution in [3.05, 3.63) is 485 Å². The summed E-state index contributed by atoms with van der Waals surface area (Å²) in [6, 6.07) is 176. The second kappa shape index (κ2) is 30.2. The molecule has 22 aromatic carbocycles. The highest BCUT2D eigenvalue weighted by molar-refractivity contribution is 6.26. The van der Waals surface area contributed by atoms with Crippen LogP contribution in [0.1, 0.15) is 0 Å². The van der Waals surface area contributed by atoms with Crippen molar-refractivity contribution in [3.63, 3.8) is 0 Å². The van der Waals surface area contributed by atoms with Gasteiger partial charge in [0.05, 0.1) is 66.2 Å². The maximum Gasteiger partial charge on any atom is 0.0547 e. The van der Waals surface area contributed by atoms with E-state index in [0.29, 0.717) is 0 Å². The van der Waals surface area contributed by atoms with Crippen LogP contribution < -0.4 is 0 Å². The van der Waals surface area contributed by atoms with Gasteiger partial charge in [0.2, 0.25) is 0 Å². The van der Waals surface area contributed by atoms with Gasteiger partial charge in [-0.15, -0.1) is 0 Å². The number of hydrogen-bond donors (Lipinski definition) is 0. The van der Waals surface area contributed by atoms with Crippen molar-refractivity contribution >= 4 is 174 Å². The second-order valence-electron chi connectivity index (χ2n) is 34.2. The van der Waals surface area contributed by atoms with E-state index in [2.05, 4.69) is 513 Å². The number of aromatic nitrogens is 6. The van der Waals surface area contributed by atoms with Crippen LogP contribution in [0.25, 0.3) is 241 Å². The van der Waals surface area contributed by atoms with Gasteiger partial charge < -0.3 is 27.4 Å². The molecule has 0 radical (unpaired) electrons. The van der Waals surface area contributed by atoms with Crippen molar-refractivity contribution in [2.24, 2.45) is 0 Å². The summed E-state index contributed by atoms with van der Waals surface area (Å²) in [5.74, 6) is 0. The van der Waals surface area contributed by atoms with Crippen LogP contribution in [-0.4, -0.2) is 27.4 Å². The van der Waals surface area contributed by atoms with Crippen LogP contribution in [0.3, 0.4) is 0 Å². The largest absolute Gasteiger partial charge is 0.309 e. The van der Waals surface area contributed by atoms with E-state index in [1.807, 2.05) is 0 Å². The first-order valence-electron chi connectivity index (χ1n) is 44.8. The normalized spacial score (nSPS) is 11.8. The Hall–Kier alpha value is -17.3. The van der Waals surface area contributed by atoms with Gasteiger partial charge in [-0.1, -0.05) is 303 Å². The molecule has 0 fully saturated rings. The number of nitrogens with zero attached hydrogens (tertiary/aromatic N) is 6. The molecule has 606 valence electrons. The molecular formula is C124H80N6. The van der Waals surface area contributed by atoms with Gasteiger partial charge in [-0.05, 0) is 258 Å². The number of fused-ring (bicyclic) bond motifs is 25. The molecule has 0 amide bonds. The van der Waals surface area contributed by atoms with Crippen molar-refractivity contribution in [2.45, 2.75) is 0 Å². The first kappa shape index (κ1) is 74.1. The summed E-state index contributed by atoms with van der Waals surface area (Å²) >= 11 is 0. The quantitative estimate of drug-likeness (QED) is 0.138. The van der Waals surface area contributed by atoms with Crippen LogP contribution in [0.4, 0.5) is 0 Å². The number of para-hydroxylation sites is 8. The predicted molar refractivity (Wildman–Crippen MR) is 552 cm³/mol. The van der Waals surface area contributed by atoms with E-state index in [-0.39, 0.29) is 0 Å². The second-order valence-corrected chi connectivity index (χ2v) is 34.2. The van der Waals surface area contributed by atoms with Crippen molar-refractivity contribution in [2.75, 3.05) is 0 Å². The summed E-state index contributed by atoms with van der Waals surface area (Å²) in [5.41, 5.74) is 29.1. The third kappa shape index (κ3) is 12.0. The lowest BCUT2D eigenvalue weighted by atomic mass is 9.98. The van der Waals surface area contributed by atoms with Crippen molar-refractivity contribution in [1.82, 2.24) is 27.4 Å². The Kier molecular flexibility index (Phi) is 17.2. The van der Waals surface area contributed by atoms with Crippen LogP contribution >= 0.6 is 0 Å². The molecule has 0 N–H and O–H groups in total. The molecule has 0 saturated heterocycles. The fourth-order valence-corrected chi connectivity index (χ4v) is 21.2. The van der Waals surface area contributed by atoms with E-state index in [1.54, 1.807) is 0 Å². The highest BCUT2D eigenvalue weighted by atomic mass is 15.0. The van der Waals surface area contributed by atoms with Gasteiger partial charge in [0.25, 0.3) is 0 Å². The van der Waals surface area contributed by atoms with E-state index in [9.17, 15) is 0 Å². The molecule has 0 aliphatic rings. The van der Waals surface area contributed by atoms with Crippen LogP contribution in [0.15, 0.2) is 485 Å². The van der Waals surface area contributed by atoms with Crippen LogP contribution in [0.2, 0.25) is 0 Å². The summed E-state index contributed by atoms with van der Waals surface area (Å²) in [6.45, 7) is 0. The smallest absolute Gasteiger partial charge is 0.0547 e. The Bertz CT molecular complexity index is 9220. The molecule has 6 nitrogen and oxygen atoms in total. The molecule has 28 aromatic rings. The maximum absolute atomic E-state index is 2.41. The molecule has 6 aromatic heterocycles. The van der Waals surface area contributed by atoms with Gasteiger partial charge in [0.1, 0.15) is 0 Å². The molecule has 0 unspecified atom stereocenters. The zero-order valence-corrected chi connectivity index (χ0v) is 70.9. The lowest BCUT2D eigenvalue weighted by Crippen LogP contribution is -1.93. The number of rotatable bonds is 9. The first-order chi connectivity index (χ1) is 64.5. The van der Waals surface area contributed by atoms with E-state index >= 15 is 0 Å². The van der Waals surface area contributed by atoms with Crippen molar-refractivity contribution < 1.29 is 0 Å². The minimum atomic E-state index is 1.17. The van der Waals surface area contributed by atoms with Gasteiger partial charge in [-0.3, -0.25) is 0 Å². The molecule has 28 rings (SSSR count). The van der Waals surface area contributed by atoms with Crippen LogP contribution in [0, 0.1) is 0 Å². The van der Waals surface area contributed by atoms with E-state index in [4.69, 9.17) is 0 Å². The fraction of sp³-hybridized carbons (Fsp3) is 0. The zero-order valence-electron chi connectivity index (χ0n) is 70.9. The Balaban J connectivity index is 0.000000103. The van der Waals surface area contributed by atoms with Crippen molar-refractivity contribution in [3.8, 4) is 67.5 Å². The summed E-state index contributed by atoms with van der Waals surface area (Å²) in [5, 5.41) is 25.5. The van der Waals surface area contributed by atoms with E-state index in [1.165, 1.54) is 241 Å². The fourth-order valence-electron chi connectivity index (χ4n) is 21.2. The minimum Gasteiger partial charge on any atom is -0.309 e. The molecule has 0 aliphatic carbocycles. The van der Waals surface area contributed by atoms with E-state index < -0.39 is 0 Å². The number of hydrogen-bond acceptors (Lipinski definition) is 0. The Morgan fingerprint density at radius 1 is 0.100 bits per heavy atom. The Morgan fingerprint density at radius 3 is 0.600 bits per heavy atom. The highest BCUT2D eigenvalue weighted by Crippen LogP contribution is 2.47. The van der Waals surface area contributed by atoms with Crippen LogP contribution in [0.5, 0.6) is 0 Å². The third-order valence-electron chi connectivity index (χ3n) is 27.0. The van der Waals surface area contributed by atoms with Gasteiger partial charge in [-0.2, -0.15) is 0 Å². The summed E-state index contributed by atoms with van der Waals surface area (Å²) in [6.07, 6.45) is 0. The first-order valence-corrected chi connectivity index (χ1v) is 44.8. The van der Waals surface area contributed by atoms with Gasteiger partial charge in [0.15, 0.2) is 0 Å². The minimum absolute atomic E-state index is 1.17. The molecule has 0 aliphatic heterocycles. The van der Waals surface area contributed by atoms with Gasteiger partial charge >= 0.3 is 0 Å². The molecular weight excluding hydrogens is 1570 g/mol. The van der Waals surface area contributed by atoms with Gasteiger partial charge in [0, 0.05) is 98.8 Å².